The van der Waals surface area contributed by atoms with Crippen molar-refractivity contribution in [2.75, 3.05) is 25.4 Å². The number of nitrogens with one attached hydrogen (secondary N) is 1. The van der Waals surface area contributed by atoms with E-state index in [1.807, 2.05) is 18.8 Å². The molecule has 112 valence electrons. The van der Waals surface area contributed by atoms with Crippen molar-refractivity contribution in [2.45, 2.75) is 32.1 Å². The SMILES string of the molecule is CCNC(=NCc1ccn(C)c1)N1CCSC(C)(C)C1. The Morgan fingerprint density at radius 1 is 1.50 bits per heavy atom. The van der Waals surface area contributed by atoms with Gasteiger partial charge in [-0.2, -0.15) is 11.8 Å². The number of hydrogen-bond donors (Lipinski definition) is 1. The van der Waals surface area contributed by atoms with Crippen LogP contribution in [0.25, 0.3) is 0 Å². The topological polar surface area (TPSA) is 32.6 Å². The summed E-state index contributed by atoms with van der Waals surface area (Å²) >= 11 is 2.05. The number of aliphatic imine (C=N–C) groups is 1. The number of thioether (sulfide) groups is 1. The highest BCUT2D eigenvalue weighted by atomic mass is 32.2. The molecule has 1 fully saturated rings. The minimum atomic E-state index is 0.307. The molecule has 20 heavy (non-hydrogen) atoms. The zero-order chi connectivity index (χ0) is 14.6. The van der Waals surface area contributed by atoms with E-state index in [9.17, 15) is 0 Å². The second-order valence-corrected chi connectivity index (χ2v) is 7.69. The Hall–Kier alpha value is -1.10. The van der Waals surface area contributed by atoms with Crippen LogP contribution in [-0.4, -0.2) is 45.6 Å². The van der Waals surface area contributed by atoms with Gasteiger partial charge in [-0.1, -0.05) is 0 Å². The zero-order valence-corrected chi connectivity index (χ0v) is 13.8. The third kappa shape index (κ3) is 4.20. The fourth-order valence-electron chi connectivity index (χ4n) is 2.44. The summed E-state index contributed by atoms with van der Waals surface area (Å²) in [5, 5.41) is 3.43. The largest absolute Gasteiger partial charge is 0.357 e. The molecule has 0 saturated carbocycles. The standard InChI is InChI=1S/C15H26N4S/c1-5-16-14(17-10-13-6-7-18(4)11-13)19-8-9-20-15(2,3)12-19/h6-7,11H,5,8-10,12H2,1-4H3,(H,16,17). The van der Waals surface area contributed by atoms with E-state index in [4.69, 9.17) is 4.99 Å². The van der Waals surface area contributed by atoms with Crippen molar-refractivity contribution < 1.29 is 0 Å². The average Bonchev–Trinajstić information content (AvgIpc) is 2.79. The number of rotatable bonds is 3. The van der Waals surface area contributed by atoms with Crippen molar-refractivity contribution in [1.29, 1.82) is 0 Å². The summed E-state index contributed by atoms with van der Waals surface area (Å²) in [6, 6.07) is 2.13. The number of aromatic nitrogens is 1. The first-order valence-electron chi connectivity index (χ1n) is 7.28. The monoisotopic (exact) mass is 294 g/mol. The second kappa shape index (κ2) is 6.57. The summed E-state index contributed by atoms with van der Waals surface area (Å²) in [7, 11) is 2.04. The number of nitrogens with zero attached hydrogens (tertiary/aromatic N) is 3. The zero-order valence-electron chi connectivity index (χ0n) is 13.0. The maximum absolute atomic E-state index is 4.80. The molecule has 2 heterocycles. The van der Waals surface area contributed by atoms with Gasteiger partial charge in [-0.3, -0.25) is 0 Å². The van der Waals surface area contributed by atoms with E-state index in [0.29, 0.717) is 4.75 Å². The predicted molar refractivity (Wildman–Crippen MR) is 88.3 cm³/mol. The van der Waals surface area contributed by atoms with E-state index in [1.54, 1.807) is 0 Å². The van der Waals surface area contributed by atoms with Gasteiger partial charge in [-0.15, -0.1) is 0 Å². The Bertz CT molecular complexity index is 464. The predicted octanol–water partition coefficient (Wildman–Crippen LogP) is 2.32. The van der Waals surface area contributed by atoms with Crippen LogP contribution in [0.1, 0.15) is 26.3 Å². The molecular formula is C15H26N4S. The van der Waals surface area contributed by atoms with Crippen LogP contribution in [0.2, 0.25) is 0 Å². The third-order valence-electron chi connectivity index (χ3n) is 3.36. The lowest BCUT2D eigenvalue weighted by atomic mass is 10.2. The molecule has 0 spiro atoms. The maximum atomic E-state index is 4.80. The van der Waals surface area contributed by atoms with Gasteiger partial charge in [0, 0.05) is 49.6 Å². The smallest absolute Gasteiger partial charge is 0.194 e. The number of guanidine groups is 1. The second-order valence-electron chi connectivity index (χ2n) is 5.89. The first-order valence-corrected chi connectivity index (χ1v) is 8.27. The molecule has 0 bridgehead atoms. The van der Waals surface area contributed by atoms with Crippen molar-refractivity contribution in [2.24, 2.45) is 12.0 Å². The van der Waals surface area contributed by atoms with E-state index in [0.717, 1.165) is 32.1 Å². The molecule has 2 rings (SSSR count). The van der Waals surface area contributed by atoms with Crippen molar-refractivity contribution in [1.82, 2.24) is 14.8 Å². The van der Waals surface area contributed by atoms with Crippen LogP contribution in [0.15, 0.2) is 23.5 Å². The van der Waals surface area contributed by atoms with Crippen molar-refractivity contribution in [3.63, 3.8) is 0 Å². The summed E-state index contributed by atoms with van der Waals surface area (Å²) < 4.78 is 2.37. The Labute approximate surface area is 126 Å². The molecule has 1 aliphatic rings. The van der Waals surface area contributed by atoms with Crippen LogP contribution >= 0.6 is 11.8 Å². The Kier molecular flexibility index (Phi) is 5.02. The molecule has 4 nitrogen and oxygen atoms in total. The fraction of sp³-hybridized carbons (Fsp3) is 0.667. The van der Waals surface area contributed by atoms with E-state index >= 15 is 0 Å². The molecule has 0 atom stereocenters. The molecule has 1 N–H and O–H groups in total. The Balaban J connectivity index is 2.05. The summed E-state index contributed by atoms with van der Waals surface area (Å²) in [6.07, 6.45) is 4.20. The Morgan fingerprint density at radius 3 is 2.90 bits per heavy atom. The minimum Gasteiger partial charge on any atom is -0.357 e. The van der Waals surface area contributed by atoms with Crippen molar-refractivity contribution >= 4 is 17.7 Å². The molecule has 1 aromatic heterocycles. The van der Waals surface area contributed by atoms with Gasteiger partial charge >= 0.3 is 0 Å². The van der Waals surface area contributed by atoms with E-state index in [-0.39, 0.29) is 0 Å². The highest BCUT2D eigenvalue weighted by Gasteiger charge is 2.28. The summed E-state index contributed by atoms with van der Waals surface area (Å²) in [5.41, 5.74) is 1.26. The lowest BCUT2D eigenvalue weighted by Gasteiger charge is -2.39. The summed E-state index contributed by atoms with van der Waals surface area (Å²) in [5.74, 6) is 2.22. The first kappa shape index (κ1) is 15.3. The minimum absolute atomic E-state index is 0.307. The molecular weight excluding hydrogens is 268 g/mol. The van der Waals surface area contributed by atoms with Gasteiger partial charge in [-0.25, -0.2) is 4.99 Å². The molecule has 0 radical (unpaired) electrons. The third-order valence-corrected chi connectivity index (χ3v) is 4.66. The first-order chi connectivity index (χ1) is 9.50. The van der Waals surface area contributed by atoms with E-state index in [1.165, 1.54) is 11.3 Å². The summed E-state index contributed by atoms with van der Waals surface area (Å²) in [6.45, 7) is 10.5. The van der Waals surface area contributed by atoms with Gasteiger partial charge in [0.1, 0.15) is 0 Å². The molecule has 1 aliphatic heterocycles. The van der Waals surface area contributed by atoms with Gasteiger partial charge in [-0.05, 0) is 32.4 Å². The van der Waals surface area contributed by atoms with Gasteiger partial charge in [0.2, 0.25) is 0 Å². The van der Waals surface area contributed by atoms with Crippen molar-refractivity contribution in [3.05, 3.63) is 24.0 Å². The van der Waals surface area contributed by atoms with Gasteiger partial charge < -0.3 is 14.8 Å². The molecule has 0 unspecified atom stereocenters. The van der Waals surface area contributed by atoms with Crippen LogP contribution in [0.5, 0.6) is 0 Å². The highest BCUT2D eigenvalue weighted by molar-refractivity contribution is 8.00. The quantitative estimate of drug-likeness (QED) is 0.686. The van der Waals surface area contributed by atoms with E-state index in [2.05, 4.69) is 54.0 Å². The van der Waals surface area contributed by atoms with Gasteiger partial charge in [0.05, 0.1) is 6.54 Å². The maximum Gasteiger partial charge on any atom is 0.194 e. The molecule has 0 amide bonds. The molecule has 0 aliphatic carbocycles. The molecule has 0 aromatic carbocycles. The normalized spacial score (nSPS) is 19.2. The van der Waals surface area contributed by atoms with Crippen LogP contribution < -0.4 is 5.32 Å². The van der Waals surface area contributed by atoms with Crippen LogP contribution in [-0.2, 0) is 13.6 Å². The Morgan fingerprint density at radius 2 is 2.30 bits per heavy atom. The summed E-state index contributed by atoms with van der Waals surface area (Å²) in [4.78, 5) is 7.19. The number of hydrogen-bond acceptors (Lipinski definition) is 2. The number of aryl methyl sites for hydroxylation is 1. The lowest BCUT2D eigenvalue weighted by molar-refractivity contribution is 0.376. The van der Waals surface area contributed by atoms with Crippen molar-refractivity contribution in [3.8, 4) is 0 Å². The van der Waals surface area contributed by atoms with Gasteiger partial charge in [0.15, 0.2) is 5.96 Å². The molecule has 1 saturated heterocycles. The van der Waals surface area contributed by atoms with Crippen LogP contribution in [0.3, 0.4) is 0 Å². The van der Waals surface area contributed by atoms with Gasteiger partial charge in [0.25, 0.3) is 0 Å². The molecule has 5 heteroatoms. The fourth-order valence-corrected chi connectivity index (χ4v) is 3.56. The molecule has 1 aromatic rings. The average molecular weight is 294 g/mol. The van der Waals surface area contributed by atoms with Crippen LogP contribution in [0.4, 0.5) is 0 Å². The highest BCUT2D eigenvalue weighted by Crippen LogP contribution is 2.29. The lowest BCUT2D eigenvalue weighted by Crippen LogP contribution is -2.50. The van der Waals surface area contributed by atoms with E-state index < -0.39 is 0 Å². The van der Waals surface area contributed by atoms with Crippen LogP contribution in [0, 0.1) is 0 Å².